The molecule has 0 unspecified atom stereocenters. The Morgan fingerprint density at radius 3 is 1.00 bits per heavy atom. The van der Waals surface area contributed by atoms with Gasteiger partial charge in [0.15, 0.2) is 52.4 Å². The summed E-state index contributed by atoms with van der Waals surface area (Å²) in [5.41, 5.74) is 22.7. The summed E-state index contributed by atoms with van der Waals surface area (Å²) in [6, 6.07) is 146. The molecule has 0 fully saturated rings. The Bertz CT molecular complexity index is 8720. The van der Waals surface area contributed by atoms with E-state index in [9.17, 15) is 0 Å². The number of aromatic nitrogens is 9. The van der Waals surface area contributed by atoms with Crippen LogP contribution in [0.15, 0.2) is 423 Å². The minimum absolute atomic E-state index is 0.0720. The smallest absolute Gasteiger partial charge is 0.164 e. The number of hydrogen-bond donors (Lipinski definition) is 0. The summed E-state index contributed by atoms with van der Waals surface area (Å²) in [6.45, 7) is 4.63. The van der Waals surface area contributed by atoms with E-state index in [0.717, 1.165) is 83.1 Å². The van der Waals surface area contributed by atoms with Crippen LogP contribution in [0.2, 0.25) is 0 Å². The average molecular weight is 1790 g/mol. The van der Waals surface area contributed by atoms with Crippen LogP contribution in [0.1, 0.15) is 25.0 Å². The Morgan fingerprint density at radius 2 is 0.500 bits per heavy atom. The van der Waals surface area contributed by atoms with Gasteiger partial charge >= 0.3 is 0 Å². The molecule has 10 nitrogen and oxygen atoms in total. The van der Waals surface area contributed by atoms with Gasteiger partial charge in [-0.15, -0.1) is 45.3 Å². The lowest BCUT2D eigenvalue weighted by Crippen LogP contribution is -2.14. The van der Waals surface area contributed by atoms with Crippen LogP contribution < -0.4 is 0 Å². The van der Waals surface area contributed by atoms with Gasteiger partial charge in [-0.1, -0.05) is 384 Å². The fraction of sp³-hybridized carbons (Fsp3) is 0.0250. The van der Waals surface area contributed by atoms with Crippen molar-refractivity contribution >= 4 is 148 Å². The van der Waals surface area contributed by atoms with Gasteiger partial charge in [-0.3, -0.25) is 0 Å². The van der Waals surface area contributed by atoms with Crippen molar-refractivity contribution in [1.29, 1.82) is 0 Å². The van der Waals surface area contributed by atoms with Crippen molar-refractivity contribution in [2.45, 2.75) is 19.3 Å². The molecule has 0 spiro atoms. The van der Waals surface area contributed by atoms with Gasteiger partial charge < -0.3 is 4.42 Å². The van der Waals surface area contributed by atoms with E-state index in [1.54, 1.807) is 0 Å². The topological polar surface area (TPSA) is 129 Å². The van der Waals surface area contributed by atoms with E-state index < -0.39 is 0 Å². The Balaban J connectivity index is 0.000000108. The van der Waals surface area contributed by atoms with Crippen molar-refractivity contribution in [2.24, 2.45) is 0 Å². The van der Waals surface area contributed by atoms with E-state index in [1.807, 2.05) is 227 Å². The quantitative estimate of drug-likeness (QED) is 0.117. The molecule has 14 heteroatoms. The van der Waals surface area contributed by atoms with Crippen molar-refractivity contribution in [2.75, 3.05) is 0 Å². The van der Waals surface area contributed by atoms with Crippen LogP contribution in [-0.4, -0.2) is 44.9 Å². The van der Waals surface area contributed by atoms with Gasteiger partial charge in [0.25, 0.3) is 0 Å². The molecule has 0 radical (unpaired) electrons. The van der Waals surface area contributed by atoms with Crippen LogP contribution in [0.3, 0.4) is 0 Å². The van der Waals surface area contributed by atoms with Crippen molar-refractivity contribution in [3.63, 3.8) is 0 Å². The predicted molar refractivity (Wildman–Crippen MR) is 561 cm³/mol. The summed E-state index contributed by atoms with van der Waals surface area (Å²) in [5, 5.41) is 13.0. The first-order valence-electron chi connectivity index (χ1n) is 44.7. The maximum atomic E-state index is 6.43. The van der Waals surface area contributed by atoms with Crippen molar-refractivity contribution in [3.05, 3.63) is 430 Å². The molecule has 1 aliphatic carbocycles. The molecule has 0 aliphatic heterocycles. The molecule has 27 rings (SSSR count). The monoisotopic (exact) mass is 1790 g/mol. The zero-order valence-corrected chi connectivity index (χ0v) is 75.7. The minimum Gasteiger partial charge on any atom is -0.456 e. The Kier molecular flexibility index (Phi) is 19.8. The van der Waals surface area contributed by atoms with E-state index in [0.29, 0.717) is 52.4 Å². The van der Waals surface area contributed by atoms with Gasteiger partial charge in [-0.25, -0.2) is 44.9 Å². The molecule has 18 aromatic carbocycles. The number of thiophene rings is 4. The molecule has 0 bridgehead atoms. The fourth-order valence-electron chi connectivity index (χ4n) is 19.0. The lowest BCUT2D eigenvalue weighted by Gasteiger charge is -2.21. The zero-order chi connectivity index (χ0) is 88.9. The van der Waals surface area contributed by atoms with Gasteiger partial charge in [-0.2, -0.15) is 0 Å². The highest BCUT2D eigenvalue weighted by Gasteiger charge is 2.36. The highest BCUT2D eigenvalue weighted by Crippen LogP contribution is 2.53. The van der Waals surface area contributed by atoms with E-state index in [-0.39, 0.29) is 5.41 Å². The molecular formula is C120H75N9OS4. The second-order valence-corrected chi connectivity index (χ2v) is 38.3. The first-order valence-corrected chi connectivity index (χ1v) is 47.9. The van der Waals surface area contributed by atoms with Crippen LogP contribution in [-0.2, 0) is 5.41 Å². The second kappa shape index (κ2) is 33.3. The normalized spacial score (nSPS) is 12.2. The molecule has 0 saturated carbocycles. The third-order valence-electron chi connectivity index (χ3n) is 25.6. The van der Waals surface area contributed by atoms with Crippen LogP contribution in [0.4, 0.5) is 0 Å². The number of hydrogen-bond acceptors (Lipinski definition) is 14. The van der Waals surface area contributed by atoms with E-state index >= 15 is 0 Å². The highest BCUT2D eigenvalue weighted by molar-refractivity contribution is 7.34. The average Bonchev–Trinajstić information content (AvgIpc) is 1.56. The standard InChI is InChI=1S/C42H29N3O.2C39H23N3S2/c1-42(2)35-19-10-9-18-31(35)32-25-38-34(24-36(32)42)33-23-29(20-21-37(33)46-38)28-16-11-17-30(22-28)41-44-39(26-12-5-3-6-13-26)43-40(45-41)27-14-7-4-8-15-27;1-3-10-25(11-4-1)37-40-38(26-12-5-2-6-13-26)42-39(41-37)27-20-18-24(19-21-27)28-15-9-16-31-34-33(44-35(28)31)23-22-30-29-14-7-8-17-32(29)43-36(30)34;1-3-10-25(11-4-1)37-40-38(26-12-5-2-6-13-26)42-39(41-37)27-20-18-24(19-21-27)28-15-9-16-30-32-23-22-31-29-14-7-8-17-33(29)43-35(31)36(32)44-34(28)30/h3-25H,1-2H3;2*1-23H. The second-order valence-electron chi connectivity index (χ2n) is 34.1. The largest absolute Gasteiger partial charge is 0.456 e. The molecule has 0 saturated heterocycles. The maximum Gasteiger partial charge on any atom is 0.164 e. The van der Waals surface area contributed by atoms with E-state index in [4.69, 9.17) is 49.3 Å². The maximum absolute atomic E-state index is 6.43. The van der Waals surface area contributed by atoms with Gasteiger partial charge in [0, 0.05) is 138 Å². The summed E-state index contributed by atoms with van der Waals surface area (Å²) in [7, 11) is 0. The Hall–Kier alpha value is -16.3. The summed E-state index contributed by atoms with van der Waals surface area (Å²) >= 11 is 7.58. The van der Waals surface area contributed by atoms with Crippen molar-refractivity contribution < 1.29 is 4.42 Å². The molecule has 134 heavy (non-hydrogen) atoms. The lowest BCUT2D eigenvalue weighted by molar-refractivity contribution is 0.658. The molecule has 0 atom stereocenters. The Morgan fingerprint density at radius 1 is 0.179 bits per heavy atom. The van der Waals surface area contributed by atoms with Crippen LogP contribution in [0.5, 0.6) is 0 Å². The third-order valence-corrected chi connectivity index (χ3v) is 30.7. The van der Waals surface area contributed by atoms with E-state index in [1.165, 1.54) is 125 Å². The first kappa shape index (κ1) is 79.8. The molecule has 1 aliphatic rings. The summed E-state index contributed by atoms with van der Waals surface area (Å²) < 4.78 is 17.2. The molecule has 8 aromatic heterocycles. The van der Waals surface area contributed by atoms with Gasteiger partial charge in [-0.05, 0) is 104 Å². The molecule has 0 N–H and O–H groups in total. The fourth-order valence-corrected chi connectivity index (χ4v) is 24.2. The number of fused-ring (bicyclic) bond motifs is 20. The highest BCUT2D eigenvalue weighted by atomic mass is 32.1. The van der Waals surface area contributed by atoms with Crippen molar-refractivity contribution in [3.8, 4) is 147 Å². The SMILES string of the molecule is CC1(C)c2ccccc2-c2cc3oc4ccc(-c5cccc(-c6nc(-c7ccccc7)nc(-c7ccccc7)n6)c5)cc4c3cc21.c1ccc(-c2nc(-c3ccccc3)nc(-c3ccc(-c4cccc5c4sc4c5ccc5c6ccccc6sc54)cc3)n2)cc1.c1ccc(-c2nc(-c3ccccc3)nc(-c3ccc(-c4cccc5c4sc4ccc6c7ccccc7sc6c45)cc3)n2)cc1. The molecule has 26 aromatic rings. The molecule has 630 valence electrons. The number of benzene rings is 18. The van der Waals surface area contributed by atoms with E-state index in [2.05, 4.69) is 250 Å². The van der Waals surface area contributed by atoms with Gasteiger partial charge in [0.05, 0.1) is 9.40 Å². The lowest BCUT2D eigenvalue weighted by atomic mass is 9.82. The summed E-state index contributed by atoms with van der Waals surface area (Å²) in [5.74, 6) is 5.94. The van der Waals surface area contributed by atoms with Crippen LogP contribution >= 0.6 is 45.3 Å². The minimum atomic E-state index is -0.0720. The van der Waals surface area contributed by atoms with Gasteiger partial charge in [0.1, 0.15) is 11.2 Å². The van der Waals surface area contributed by atoms with Crippen molar-refractivity contribution in [1.82, 2.24) is 44.9 Å². The first-order chi connectivity index (χ1) is 66.1. The number of nitrogens with zero attached hydrogens (tertiary/aromatic N) is 9. The molecular weight excluding hydrogens is 1710 g/mol. The third kappa shape index (κ3) is 14.3. The number of furan rings is 1. The summed E-state index contributed by atoms with van der Waals surface area (Å²) in [6.07, 6.45) is 0. The number of rotatable bonds is 12. The zero-order valence-electron chi connectivity index (χ0n) is 72.4. The molecule has 8 heterocycles. The van der Waals surface area contributed by atoms with Gasteiger partial charge in [0.2, 0.25) is 0 Å². The van der Waals surface area contributed by atoms with Crippen LogP contribution in [0, 0.1) is 0 Å². The van der Waals surface area contributed by atoms with Crippen LogP contribution in [0.25, 0.3) is 250 Å². The predicted octanol–water partition coefficient (Wildman–Crippen LogP) is 33.3. The molecule has 0 amide bonds. The Labute approximate surface area is 787 Å². The summed E-state index contributed by atoms with van der Waals surface area (Å²) in [4.78, 5) is 44.0.